The van der Waals surface area contributed by atoms with E-state index in [0.29, 0.717) is 19.5 Å². The first kappa shape index (κ1) is 14.2. The zero-order valence-electron chi connectivity index (χ0n) is 12.1. The minimum atomic E-state index is -0.789. The molecular formula is C14H18N4O2S. The third-order valence-corrected chi connectivity index (χ3v) is 4.85. The molecule has 0 saturated carbocycles. The van der Waals surface area contributed by atoms with Gasteiger partial charge in [-0.25, -0.2) is 9.97 Å². The van der Waals surface area contributed by atoms with E-state index >= 15 is 0 Å². The molecule has 2 aromatic heterocycles. The van der Waals surface area contributed by atoms with Crippen LogP contribution in [0.15, 0.2) is 6.33 Å². The summed E-state index contributed by atoms with van der Waals surface area (Å²) in [4.78, 5) is 26.6. The van der Waals surface area contributed by atoms with E-state index in [2.05, 4.69) is 21.9 Å². The Labute approximate surface area is 126 Å². The molecule has 0 aliphatic carbocycles. The van der Waals surface area contributed by atoms with Crippen molar-refractivity contribution in [1.82, 2.24) is 19.9 Å². The van der Waals surface area contributed by atoms with Crippen molar-refractivity contribution in [2.75, 3.05) is 0 Å². The summed E-state index contributed by atoms with van der Waals surface area (Å²) in [6, 6.07) is -0.520. The maximum Gasteiger partial charge on any atom is 0.321 e. The number of hydrogen-bond donors (Lipinski definition) is 2. The summed E-state index contributed by atoms with van der Waals surface area (Å²) in [6.45, 7) is 5.29. The Balaban J connectivity index is 1.87. The number of H-pyrrole nitrogens is 1. The topological polar surface area (TPSA) is 82.1 Å². The van der Waals surface area contributed by atoms with Gasteiger partial charge in [0.25, 0.3) is 0 Å². The van der Waals surface area contributed by atoms with Crippen molar-refractivity contribution >= 4 is 17.3 Å². The van der Waals surface area contributed by atoms with Crippen LogP contribution in [0.25, 0.3) is 0 Å². The number of nitrogens with zero attached hydrogens (tertiary/aromatic N) is 3. The maximum absolute atomic E-state index is 11.6. The van der Waals surface area contributed by atoms with E-state index in [1.54, 1.807) is 17.7 Å². The van der Waals surface area contributed by atoms with E-state index < -0.39 is 12.0 Å². The van der Waals surface area contributed by atoms with Crippen LogP contribution < -0.4 is 0 Å². The van der Waals surface area contributed by atoms with Crippen LogP contribution in [-0.2, 0) is 30.7 Å². The van der Waals surface area contributed by atoms with Gasteiger partial charge in [0, 0.05) is 24.4 Å². The molecule has 0 fully saturated rings. The molecule has 0 spiro atoms. The van der Waals surface area contributed by atoms with Crippen LogP contribution in [0.5, 0.6) is 0 Å². The molecule has 1 atom stereocenters. The molecule has 3 heterocycles. The largest absolute Gasteiger partial charge is 0.480 e. The highest BCUT2D eigenvalue weighted by Crippen LogP contribution is 2.26. The number of aliphatic carboxylic acids is 1. The van der Waals surface area contributed by atoms with Gasteiger partial charge in [-0.2, -0.15) is 0 Å². The lowest BCUT2D eigenvalue weighted by atomic mass is 10.0. The second-order valence-electron chi connectivity index (χ2n) is 5.25. The highest BCUT2D eigenvalue weighted by molar-refractivity contribution is 7.11. The fourth-order valence-electron chi connectivity index (χ4n) is 2.79. The number of thiazole rings is 1. The number of carbonyl (C=O) groups is 1. The second kappa shape index (κ2) is 5.57. The lowest BCUT2D eigenvalue weighted by Gasteiger charge is -2.31. The van der Waals surface area contributed by atoms with Gasteiger partial charge < -0.3 is 10.1 Å². The fraction of sp³-hybridized carbons (Fsp3) is 0.500. The Morgan fingerprint density at radius 1 is 1.62 bits per heavy atom. The quantitative estimate of drug-likeness (QED) is 0.899. The number of imidazole rings is 1. The van der Waals surface area contributed by atoms with Gasteiger partial charge >= 0.3 is 5.97 Å². The third-order valence-electron chi connectivity index (χ3n) is 3.85. The molecule has 0 aromatic carbocycles. The number of rotatable bonds is 4. The van der Waals surface area contributed by atoms with Crippen molar-refractivity contribution in [2.24, 2.45) is 0 Å². The minimum Gasteiger partial charge on any atom is -0.480 e. The smallest absolute Gasteiger partial charge is 0.321 e. The molecule has 2 N–H and O–H groups in total. The fourth-order valence-corrected chi connectivity index (χ4v) is 3.84. The van der Waals surface area contributed by atoms with Crippen molar-refractivity contribution in [3.8, 4) is 0 Å². The molecule has 7 heteroatoms. The molecule has 21 heavy (non-hydrogen) atoms. The first-order valence-electron chi connectivity index (χ1n) is 7.01. The van der Waals surface area contributed by atoms with Crippen LogP contribution in [0.1, 0.15) is 33.9 Å². The summed E-state index contributed by atoms with van der Waals surface area (Å²) < 4.78 is 0. The number of carboxylic acid groups (broad SMARTS) is 1. The molecule has 0 amide bonds. The Morgan fingerprint density at radius 3 is 3.14 bits per heavy atom. The molecular weight excluding hydrogens is 288 g/mol. The van der Waals surface area contributed by atoms with Gasteiger partial charge in [-0.15, -0.1) is 11.3 Å². The van der Waals surface area contributed by atoms with Gasteiger partial charge in [0.05, 0.1) is 28.4 Å². The average molecular weight is 306 g/mol. The highest BCUT2D eigenvalue weighted by atomic mass is 32.1. The number of carboxylic acids is 1. The number of nitrogens with one attached hydrogen (secondary N) is 1. The Hall–Kier alpha value is -1.73. The predicted molar refractivity (Wildman–Crippen MR) is 79.2 cm³/mol. The standard InChI is InChI=1S/C14H18N4O2S/c1-3-9-13(21-8(2)17-9)6-18-5-11-10(15-7-16-11)4-12(18)14(19)20/h7,12H,3-6H2,1-2H3,(H,15,16)(H,19,20)/t12-/m1/s1. The second-order valence-corrected chi connectivity index (χ2v) is 6.53. The van der Waals surface area contributed by atoms with Crippen LogP contribution in [-0.4, -0.2) is 37.0 Å². The number of fused-ring (bicyclic) bond motifs is 1. The summed E-state index contributed by atoms with van der Waals surface area (Å²) in [5, 5.41) is 10.5. The summed E-state index contributed by atoms with van der Waals surface area (Å²) in [5.41, 5.74) is 2.97. The molecule has 1 aliphatic heterocycles. The minimum absolute atomic E-state index is 0.452. The predicted octanol–water partition coefficient (Wildman–Crippen LogP) is 1.75. The molecule has 3 rings (SSSR count). The zero-order valence-corrected chi connectivity index (χ0v) is 12.9. The molecule has 112 valence electrons. The van der Waals surface area contributed by atoms with Crippen LogP contribution in [0.4, 0.5) is 0 Å². The van der Waals surface area contributed by atoms with E-state index in [1.807, 2.05) is 11.8 Å². The molecule has 0 radical (unpaired) electrons. The summed E-state index contributed by atoms with van der Waals surface area (Å²) in [7, 11) is 0. The van der Waals surface area contributed by atoms with Crippen LogP contribution in [0, 0.1) is 6.92 Å². The lowest BCUT2D eigenvalue weighted by Crippen LogP contribution is -2.45. The molecule has 6 nitrogen and oxygen atoms in total. The van der Waals surface area contributed by atoms with Crippen molar-refractivity contribution in [3.05, 3.63) is 33.3 Å². The molecule has 0 unspecified atom stereocenters. The number of aromatic amines is 1. The number of aryl methyl sites for hydroxylation is 2. The highest BCUT2D eigenvalue weighted by Gasteiger charge is 2.33. The molecule has 2 aromatic rings. The molecule has 0 bridgehead atoms. The van der Waals surface area contributed by atoms with Crippen molar-refractivity contribution in [3.63, 3.8) is 0 Å². The maximum atomic E-state index is 11.6. The Bertz CT molecular complexity index is 664. The van der Waals surface area contributed by atoms with Crippen LogP contribution in [0.2, 0.25) is 0 Å². The van der Waals surface area contributed by atoms with E-state index in [-0.39, 0.29) is 0 Å². The Morgan fingerprint density at radius 2 is 2.43 bits per heavy atom. The van der Waals surface area contributed by atoms with Gasteiger partial charge in [-0.3, -0.25) is 9.69 Å². The lowest BCUT2D eigenvalue weighted by molar-refractivity contribution is -0.144. The third kappa shape index (κ3) is 2.71. The van der Waals surface area contributed by atoms with Crippen molar-refractivity contribution in [1.29, 1.82) is 0 Å². The van der Waals surface area contributed by atoms with Gasteiger partial charge in [0.1, 0.15) is 6.04 Å². The Kier molecular flexibility index (Phi) is 3.77. The van der Waals surface area contributed by atoms with Gasteiger partial charge in [0.15, 0.2) is 0 Å². The first-order valence-corrected chi connectivity index (χ1v) is 7.83. The first-order chi connectivity index (χ1) is 10.1. The van der Waals surface area contributed by atoms with E-state index in [1.165, 1.54) is 4.88 Å². The monoisotopic (exact) mass is 306 g/mol. The van der Waals surface area contributed by atoms with Crippen LogP contribution in [0.3, 0.4) is 0 Å². The molecule has 0 saturated heterocycles. The van der Waals surface area contributed by atoms with Gasteiger partial charge in [-0.05, 0) is 13.3 Å². The summed E-state index contributed by atoms with van der Waals surface area (Å²) >= 11 is 1.66. The number of aromatic nitrogens is 3. The normalized spacial score (nSPS) is 18.7. The van der Waals surface area contributed by atoms with Gasteiger partial charge in [0.2, 0.25) is 0 Å². The summed E-state index contributed by atoms with van der Waals surface area (Å²) in [6.07, 6.45) is 2.97. The van der Waals surface area contributed by atoms with Crippen LogP contribution >= 0.6 is 11.3 Å². The van der Waals surface area contributed by atoms with Gasteiger partial charge in [-0.1, -0.05) is 6.92 Å². The average Bonchev–Trinajstić information content (AvgIpc) is 3.03. The zero-order chi connectivity index (χ0) is 15.0. The number of hydrogen-bond acceptors (Lipinski definition) is 5. The molecule has 1 aliphatic rings. The van der Waals surface area contributed by atoms with Crippen molar-refractivity contribution in [2.45, 2.75) is 45.8 Å². The summed E-state index contributed by atoms with van der Waals surface area (Å²) in [5.74, 6) is -0.789. The van der Waals surface area contributed by atoms with Crippen molar-refractivity contribution < 1.29 is 9.90 Å². The van der Waals surface area contributed by atoms with E-state index in [9.17, 15) is 9.90 Å². The van der Waals surface area contributed by atoms with E-state index in [0.717, 1.165) is 28.5 Å². The van der Waals surface area contributed by atoms with E-state index in [4.69, 9.17) is 0 Å². The SMILES string of the molecule is CCc1nc(C)sc1CN1Cc2[nH]cnc2C[C@@H]1C(=O)O.